The zero-order valence-corrected chi connectivity index (χ0v) is 11.3. The molecule has 1 aromatic heterocycles. The van der Waals surface area contributed by atoms with E-state index in [0.29, 0.717) is 6.04 Å². The van der Waals surface area contributed by atoms with Crippen molar-refractivity contribution in [3.05, 3.63) is 17.5 Å². The van der Waals surface area contributed by atoms with Crippen molar-refractivity contribution in [1.82, 2.24) is 9.78 Å². The predicted octanol–water partition coefficient (Wildman–Crippen LogP) is 3.50. The van der Waals surface area contributed by atoms with Crippen LogP contribution in [-0.4, -0.2) is 9.78 Å². The molecule has 2 aliphatic rings. The smallest absolute Gasteiger partial charge is 0.0540 e. The van der Waals surface area contributed by atoms with Gasteiger partial charge in [0, 0.05) is 17.3 Å². The largest absolute Gasteiger partial charge is 0.324 e. The fourth-order valence-electron chi connectivity index (χ4n) is 3.60. The number of nitrogens with two attached hydrogens (primary N) is 1. The van der Waals surface area contributed by atoms with Gasteiger partial charge in [0.25, 0.3) is 0 Å². The van der Waals surface area contributed by atoms with Gasteiger partial charge < -0.3 is 5.73 Å². The second kappa shape index (κ2) is 5.43. The van der Waals surface area contributed by atoms with Gasteiger partial charge in [-0.1, -0.05) is 32.1 Å². The Morgan fingerprint density at radius 2 is 1.72 bits per heavy atom. The van der Waals surface area contributed by atoms with Crippen molar-refractivity contribution >= 4 is 0 Å². The van der Waals surface area contributed by atoms with E-state index >= 15 is 0 Å². The molecule has 3 heteroatoms. The third kappa shape index (κ3) is 2.33. The molecule has 18 heavy (non-hydrogen) atoms. The summed E-state index contributed by atoms with van der Waals surface area (Å²) in [6.07, 6.45) is 15.1. The molecule has 1 aromatic rings. The molecule has 3 rings (SSSR count). The highest BCUT2D eigenvalue weighted by atomic mass is 15.3. The van der Waals surface area contributed by atoms with Crippen molar-refractivity contribution in [3.63, 3.8) is 0 Å². The molecule has 0 radical (unpaired) electrons. The molecule has 0 saturated heterocycles. The minimum absolute atomic E-state index is 0.224. The van der Waals surface area contributed by atoms with Crippen molar-refractivity contribution in [2.24, 2.45) is 5.73 Å². The van der Waals surface area contributed by atoms with Crippen molar-refractivity contribution < 1.29 is 0 Å². The third-order valence-corrected chi connectivity index (χ3v) is 4.68. The quantitative estimate of drug-likeness (QED) is 0.609. The van der Waals surface area contributed by atoms with Gasteiger partial charge in [-0.3, -0.25) is 4.68 Å². The van der Waals surface area contributed by atoms with Crippen LogP contribution in [0.1, 0.15) is 81.1 Å². The summed E-state index contributed by atoms with van der Waals surface area (Å²) in [5.41, 5.74) is 9.05. The molecular formula is C15H25N3. The average molecular weight is 247 g/mol. The SMILES string of the molecule is NC1CCCCc2c1cnn2C1CCCCCC1. The maximum absolute atomic E-state index is 6.27. The summed E-state index contributed by atoms with van der Waals surface area (Å²) < 4.78 is 2.34. The topological polar surface area (TPSA) is 43.8 Å². The van der Waals surface area contributed by atoms with E-state index in [1.165, 1.54) is 69.0 Å². The monoisotopic (exact) mass is 247 g/mol. The molecular weight excluding hydrogens is 222 g/mol. The number of rotatable bonds is 1. The van der Waals surface area contributed by atoms with Gasteiger partial charge in [0.2, 0.25) is 0 Å². The standard InChI is InChI=1S/C15H25N3/c16-14-9-5-6-10-15-13(14)11-17-18(15)12-7-3-1-2-4-8-12/h11-12,14H,1-10,16H2. The molecule has 0 bridgehead atoms. The maximum atomic E-state index is 6.27. The minimum atomic E-state index is 0.224. The van der Waals surface area contributed by atoms with Crippen molar-refractivity contribution in [3.8, 4) is 0 Å². The van der Waals surface area contributed by atoms with E-state index in [2.05, 4.69) is 10.9 Å². The van der Waals surface area contributed by atoms with Crippen LogP contribution < -0.4 is 5.73 Å². The van der Waals surface area contributed by atoms with E-state index < -0.39 is 0 Å². The summed E-state index contributed by atoms with van der Waals surface area (Å²) in [6, 6.07) is 0.864. The van der Waals surface area contributed by atoms with Gasteiger partial charge in [-0.15, -0.1) is 0 Å². The van der Waals surface area contributed by atoms with Gasteiger partial charge in [-0.2, -0.15) is 5.10 Å². The normalized spacial score (nSPS) is 26.4. The Labute approximate surface area is 110 Å². The minimum Gasteiger partial charge on any atom is -0.324 e. The highest BCUT2D eigenvalue weighted by Crippen LogP contribution is 2.32. The first-order chi connectivity index (χ1) is 8.86. The summed E-state index contributed by atoms with van der Waals surface area (Å²) in [4.78, 5) is 0. The van der Waals surface area contributed by atoms with E-state index in [1.54, 1.807) is 0 Å². The molecule has 1 atom stereocenters. The van der Waals surface area contributed by atoms with E-state index in [1.807, 2.05) is 0 Å². The third-order valence-electron chi connectivity index (χ3n) is 4.68. The molecule has 1 saturated carbocycles. The molecule has 0 spiro atoms. The van der Waals surface area contributed by atoms with Crippen LogP contribution in [0.25, 0.3) is 0 Å². The summed E-state index contributed by atoms with van der Waals surface area (Å²) in [7, 11) is 0. The molecule has 0 aromatic carbocycles. The van der Waals surface area contributed by atoms with E-state index in [0.717, 1.165) is 6.42 Å². The van der Waals surface area contributed by atoms with Crippen molar-refractivity contribution in [1.29, 1.82) is 0 Å². The summed E-state index contributed by atoms with van der Waals surface area (Å²) in [6.45, 7) is 0. The lowest BCUT2D eigenvalue weighted by Gasteiger charge is -2.18. The molecule has 3 nitrogen and oxygen atoms in total. The number of fused-ring (bicyclic) bond motifs is 1. The number of nitrogens with zero attached hydrogens (tertiary/aromatic N) is 2. The summed E-state index contributed by atoms with van der Waals surface area (Å²) in [5, 5.41) is 4.69. The van der Waals surface area contributed by atoms with Gasteiger partial charge in [-0.25, -0.2) is 0 Å². The highest BCUT2D eigenvalue weighted by Gasteiger charge is 2.24. The van der Waals surface area contributed by atoms with Gasteiger partial charge in [0.05, 0.1) is 12.2 Å². The maximum Gasteiger partial charge on any atom is 0.0540 e. The van der Waals surface area contributed by atoms with Gasteiger partial charge in [0.15, 0.2) is 0 Å². The Balaban J connectivity index is 1.87. The van der Waals surface area contributed by atoms with Crippen LogP contribution in [0.2, 0.25) is 0 Å². The van der Waals surface area contributed by atoms with Crippen LogP contribution in [0.5, 0.6) is 0 Å². The first-order valence-corrected chi connectivity index (χ1v) is 7.68. The number of aromatic nitrogens is 2. The summed E-state index contributed by atoms with van der Waals surface area (Å²) >= 11 is 0. The predicted molar refractivity (Wildman–Crippen MR) is 73.4 cm³/mol. The molecule has 1 fully saturated rings. The average Bonchev–Trinajstić information content (AvgIpc) is 2.56. The molecule has 2 N–H and O–H groups in total. The first-order valence-electron chi connectivity index (χ1n) is 7.68. The van der Waals surface area contributed by atoms with Gasteiger partial charge in [0.1, 0.15) is 0 Å². The lowest BCUT2D eigenvalue weighted by molar-refractivity contribution is 0.392. The summed E-state index contributed by atoms with van der Waals surface area (Å²) in [5.74, 6) is 0. The molecule has 1 unspecified atom stereocenters. The molecule has 1 heterocycles. The number of hydrogen-bond acceptors (Lipinski definition) is 2. The Kier molecular flexibility index (Phi) is 3.69. The fraction of sp³-hybridized carbons (Fsp3) is 0.800. The van der Waals surface area contributed by atoms with Crippen molar-refractivity contribution in [2.45, 2.75) is 76.3 Å². The van der Waals surface area contributed by atoms with Crippen LogP contribution in [0, 0.1) is 0 Å². The second-order valence-corrected chi connectivity index (χ2v) is 5.99. The van der Waals surface area contributed by atoms with Crippen LogP contribution >= 0.6 is 0 Å². The van der Waals surface area contributed by atoms with Crippen LogP contribution in [-0.2, 0) is 6.42 Å². The second-order valence-electron chi connectivity index (χ2n) is 5.99. The Bertz CT molecular complexity index is 388. The molecule has 2 aliphatic carbocycles. The van der Waals surface area contributed by atoms with E-state index in [9.17, 15) is 0 Å². The van der Waals surface area contributed by atoms with E-state index in [-0.39, 0.29) is 6.04 Å². The Morgan fingerprint density at radius 3 is 2.50 bits per heavy atom. The molecule has 0 aliphatic heterocycles. The Hall–Kier alpha value is -0.830. The Morgan fingerprint density at radius 1 is 1.00 bits per heavy atom. The first kappa shape index (κ1) is 12.2. The molecule has 100 valence electrons. The van der Waals surface area contributed by atoms with Crippen molar-refractivity contribution in [2.75, 3.05) is 0 Å². The zero-order chi connectivity index (χ0) is 12.4. The highest BCUT2D eigenvalue weighted by molar-refractivity contribution is 5.23. The number of hydrogen-bond donors (Lipinski definition) is 1. The van der Waals surface area contributed by atoms with Gasteiger partial charge >= 0.3 is 0 Å². The van der Waals surface area contributed by atoms with Gasteiger partial charge in [-0.05, 0) is 32.1 Å². The zero-order valence-electron chi connectivity index (χ0n) is 11.3. The lowest BCUT2D eigenvalue weighted by Crippen LogP contribution is -2.15. The molecule has 0 amide bonds. The van der Waals surface area contributed by atoms with Crippen LogP contribution in [0.15, 0.2) is 6.20 Å². The van der Waals surface area contributed by atoms with E-state index in [4.69, 9.17) is 10.8 Å². The van der Waals surface area contributed by atoms with Crippen LogP contribution in [0.4, 0.5) is 0 Å². The van der Waals surface area contributed by atoms with Crippen LogP contribution in [0.3, 0.4) is 0 Å². The fourth-order valence-corrected chi connectivity index (χ4v) is 3.60. The lowest BCUT2D eigenvalue weighted by atomic mass is 10.1.